The lowest BCUT2D eigenvalue weighted by molar-refractivity contribution is 0.0942. The third-order valence-electron chi connectivity index (χ3n) is 3.41. The van der Waals surface area contributed by atoms with Gasteiger partial charge >= 0.3 is 0 Å². The van der Waals surface area contributed by atoms with Gasteiger partial charge in [0.2, 0.25) is 0 Å². The van der Waals surface area contributed by atoms with E-state index in [0.717, 1.165) is 24.3 Å². The lowest BCUT2D eigenvalue weighted by Gasteiger charge is -2.21. The van der Waals surface area contributed by atoms with Crippen LogP contribution in [0, 0.1) is 23.6 Å². The molecule has 1 heterocycles. The van der Waals surface area contributed by atoms with E-state index in [0.29, 0.717) is 18.0 Å². The fourth-order valence-corrected chi connectivity index (χ4v) is 3.41. The first-order chi connectivity index (χ1) is 10.2. The number of aliphatic hydroxyl groups excluding tert-OH is 1. The van der Waals surface area contributed by atoms with Crippen molar-refractivity contribution in [3.63, 3.8) is 0 Å². The Balaban J connectivity index is 2.00. The van der Waals surface area contributed by atoms with Crippen molar-refractivity contribution >= 4 is 17.7 Å². The number of carbonyl (C=O) groups excluding carboxylic acids is 1. The Morgan fingerprint density at radius 3 is 2.90 bits per heavy atom. The zero-order valence-corrected chi connectivity index (χ0v) is 12.5. The summed E-state index contributed by atoms with van der Waals surface area (Å²) in [6, 6.07) is 4.14. The first-order valence-corrected chi connectivity index (χ1v) is 8.11. The minimum absolute atomic E-state index is 0.00456. The van der Waals surface area contributed by atoms with Crippen molar-refractivity contribution in [3.05, 3.63) is 35.1 Å². The Morgan fingerprint density at radius 1 is 1.43 bits per heavy atom. The van der Waals surface area contributed by atoms with Crippen molar-refractivity contribution < 1.29 is 14.3 Å². The molecule has 1 amide bonds. The van der Waals surface area contributed by atoms with Crippen LogP contribution in [-0.4, -0.2) is 35.7 Å². The molecule has 2 N–H and O–H groups in total. The van der Waals surface area contributed by atoms with E-state index in [1.54, 1.807) is 0 Å². The van der Waals surface area contributed by atoms with E-state index < -0.39 is 11.7 Å². The minimum atomic E-state index is -0.554. The van der Waals surface area contributed by atoms with E-state index >= 15 is 0 Å². The number of hydrogen-bond donors (Lipinski definition) is 2. The molecule has 0 aromatic heterocycles. The third-order valence-corrected chi connectivity index (χ3v) is 4.46. The van der Waals surface area contributed by atoms with Crippen LogP contribution in [0.1, 0.15) is 28.8 Å². The van der Waals surface area contributed by atoms with Crippen molar-refractivity contribution in [1.29, 1.82) is 0 Å². The molecule has 0 spiro atoms. The number of rotatable bonds is 3. The third kappa shape index (κ3) is 4.76. The largest absolute Gasteiger partial charge is 0.384 e. The average Bonchev–Trinajstić information content (AvgIpc) is 2.53. The Bertz CT molecular complexity index is 559. The van der Waals surface area contributed by atoms with Crippen LogP contribution in [0.4, 0.5) is 4.39 Å². The second-order valence-electron chi connectivity index (χ2n) is 4.92. The molecule has 0 aliphatic carbocycles. The topological polar surface area (TPSA) is 49.3 Å². The molecule has 0 atom stereocenters. The maximum Gasteiger partial charge on any atom is 0.254 e. The highest BCUT2D eigenvalue weighted by molar-refractivity contribution is 7.99. The summed E-state index contributed by atoms with van der Waals surface area (Å²) in [6.45, 7) is 0.323. The van der Waals surface area contributed by atoms with Crippen molar-refractivity contribution in [2.24, 2.45) is 5.92 Å². The molecule has 2 rings (SSSR count). The molecule has 1 aliphatic rings. The predicted octanol–water partition coefficient (Wildman–Crippen LogP) is 2.04. The monoisotopic (exact) mass is 307 g/mol. The van der Waals surface area contributed by atoms with Gasteiger partial charge in [-0.3, -0.25) is 4.79 Å². The summed E-state index contributed by atoms with van der Waals surface area (Å²) in [5, 5.41) is 11.5. The Hall–Kier alpha value is -1.51. The molecular weight excluding hydrogens is 289 g/mol. The Labute approximate surface area is 128 Å². The SMILES string of the molecule is O=C(NCC1CCSCC1)c1cc(C#CCO)ccc1F. The highest BCUT2D eigenvalue weighted by Crippen LogP contribution is 2.22. The molecule has 21 heavy (non-hydrogen) atoms. The van der Waals surface area contributed by atoms with Gasteiger partial charge in [-0.15, -0.1) is 0 Å². The zero-order chi connectivity index (χ0) is 15.1. The van der Waals surface area contributed by atoms with Crippen molar-refractivity contribution in [3.8, 4) is 11.8 Å². The number of benzene rings is 1. The summed E-state index contributed by atoms with van der Waals surface area (Å²) in [6.07, 6.45) is 2.19. The van der Waals surface area contributed by atoms with Gasteiger partial charge in [0.15, 0.2) is 0 Å². The number of carbonyl (C=O) groups is 1. The second kappa shape index (κ2) is 8.06. The van der Waals surface area contributed by atoms with E-state index in [9.17, 15) is 9.18 Å². The molecule has 1 aromatic rings. The van der Waals surface area contributed by atoms with Crippen LogP contribution in [0.3, 0.4) is 0 Å². The molecule has 1 saturated heterocycles. The first-order valence-electron chi connectivity index (χ1n) is 6.96. The van der Waals surface area contributed by atoms with E-state index in [4.69, 9.17) is 5.11 Å². The number of amides is 1. The fourth-order valence-electron chi connectivity index (χ4n) is 2.20. The molecule has 1 aromatic carbocycles. The Kier molecular flexibility index (Phi) is 6.09. The van der Waals surface area contributed by atoms with E-state index in [2.05, 4.69) is 17.2 Å². The minimum Gasteiger partial charge on any atom is -0.384 e. The summed E-state index contributed by atoms with van der Waals surface area (Å²) in [5.74, 6) is 6.93. The number of halogens is 1. The van der Waals surface area contributed by atoms with E-state index in [1.165, 1.54) is 18.2 Å². The van der Waals surface area contributed by atoms with Crippen molar-refractivity contribution in [2.75, 3.05) is 24.7 Å². The maximum atomic E-state index is 13.7. The summed E-state index contributed by atoms with van der Waals surface area (Å²) < 4.78 is 13.7. The van der Waals surface area contributed by atoms with Crippen LogP contribution >= 0.6 is 11.8 Å². The van der Waals surface area contributed by atoms with Gasteiger partial charge < -0.3 is 10.4 Å². The highest BCUT2D eigenvalue weighted by atomic mass is 32.2. The number of aliphatic hydroxyl groups is 1. The molecule has 112 valence electrons. The quantitative estimate of drug-likeness (QED) is 0.840. The van der Waals surface area contributed by atoms with Gasteiger partial charge in [0.05, 0.1) is 5.56 Å². The van der Waals surface area contributed by atoms with Gasteiger partial charge in [-0.2, -0.15) is 11.8 Å². The molecule has 0 saturated carbocycles. The predicted molar refractivity (Wildman–Crippen MR) is 82.7 cm³/mol. The zero-order valence-electron chi connectivity index (χ0n) is 11.7. The summed E-state index contributed by atoms with van der Waals surface area (Å²) in [5.41, 5.74) is 0.523. The van der Waals surface area contributed by atoms with Gasteiger partial charge in [-0.05, 0) is 48.5 Å². The van der Waals surface area contributed by atoms with Crippen molar-refractivity contribution in [1.82, 2.24) is 5.32 Å². The first kappa shape index (κ1) is 15.9. The van der Waals surface area contributed by atoms with Crippen LogP contribution in [0.15, 0.2) is 18.2 Å². The van der Waals surface area contributed by atoms with Gasteiger partial charge in [-0.1, -0.05) is 11.8 Å². The van der Waals surface area contributed by atoms with E-state index in [1.807, 2.05) is 11.8 Å². The summed E-state index contributed by atoms with van der Waals surface area (Å²) >= 11 is 1.93. The second-order valence-corrected chi connectivity index (χ2v) is 6.15. The maximum absolute atomic E-state index is 13.7. The van der Waals surface area contributed by atoms with Gasteiger partial charge in [-0.25, -0.2) is 4.39 Å². The van der Waals surface area contributed by atoms with Crippen LogP contribution in [0.2, 0.25) is 0 Å². The van der Waals surface area contributed by atoms with Gasteiger partial charge in [0.1, 0.15) is 12.4 Å². The van der Waals surface area contributed by atoms with Gasteiger partial charge in [0, 0.05) is 12.1 Å². The van der Waals surface area contributed by atoms with Crippen LogP contribution in [0.25, 0.3) is 0 Å². The molecule has 1 fully saturated rings. The van der Waals surface area contributed by atoms with E-state index in [-0.39, 0.29) is 12.2 Å². The van der Waals surface area contributed by atoms with Crippen LogP contribution in [-0.2, 0) is 0 Å². The number of nitrogens with one attached hydrogen (secondary N) is 1. The molecule has 5 heteroatoms. The molecular formula is C16H18FNO2S. The smallest absolute Gasteiger partial charge is 0.254 e. The van der Waals surface area contributed by atoms with Crippen LogP contribution < -0.4 is 5.32 Å². The normalized spacial score (nSPS) is 15.1. The molecule has 1 aliphatic heterocycles. The van der Waals surface area contributed by atoms with Crippen molar-refractivity contribution in [2.45, 2.75) is 12.8 Å². The summed E-state index contributed by atoms with van der Waals surface area (Å²) in [7, 11) is 0. The van der Waals surface area contributed by atoms with Gasteiger partial charge in [0.25, 0.3) is 5.91 Å². The molecule has 3 nitrogen and oxygen atoms in total. The highest BCUT2D eigenvalue weighted by Gasteiger charge is 2.17. The van der Waals surface area contributed by atoms with Crippen LogP contribution in [0.5, 0.6) is 0 Å². The lowest BCUT2D eigenvalue weighted by Crippen LogP contribution is -2.31. The Morgan fingerprint density at radius 2 is 2.19 bits per heavy atom. The molecule has 0 bridgehead atoms. The average molecular weight is 307 g/mol. The molecule has 0 radical (unpaired) electrons. The summed E-state index contributed by atoms with van der Waals surface area (Å²) in [4.78, 5) is 12.1. The molecule has 0 unspecified atom stereocenters. The number of thioether (sulfide) groups is 1. The number of hydrogen-bond acceptors (Lipinski definition) is 3. The lowest BCUT2D eigenvalue weighted by atomic mass is 10.0. The standard InChI is InChI=1S/C16H18FNO2S/c17-15-4-3-12(2-1-7-19)10-14(15)16(20)18-11-13-5-8-21-9-6-13/h3-4,10,13,19H,5-9,11H2,(H,18,20). The fraction of sp³-hybridized carbons (Fsp3) is 0.438.